The average molecular weight is 84.1 g/mol. The van der Waals surface area contributed by atoms with Crippen molar-refractivity contribution in [2.75, 3.05) is 0 Å². The molecule has 0 amide bonds. The Bertz CT molecular complexity index is 73.5. The standard InChI is InChI=1S/C4H5NO/c1-2-4-6-5-3-1/h1-5H/p+1. The largest absolute Gasteiger partial charge is 0.452 e. The van der Waals surface area contributed by atoms with Gasteiger partial charge in [-0.05, 0) is 6.08 Å². The molecule has 32 valence electrons. The number of rotatable bonds is 0. The third-order valence-corrected chi connectivity index (χ3v) is 0.517. The number of hydrogen-bond donors (Lipinski definition) is 1. The van der Waals surface area contributed by atoms with E-state index in [-0.39, 0.29) is 0 Å². The van der Waals surface area contributed by atoms with E-state index in [1.165, 1.54) is 0 Å². The highest BCUT2D eigenvalue weighted by molar-refractivity contribution is 4.99. The predicted octanol–water partition coefficient (Wildman–Crippen LogP) is 0.542. The van der Waals surface area contributed by atoms with Crippen molar-refractivity contribution >= 4 is 0 Å². The summed E-state index contributed by atoms with van der Waals surface area (Å²) < 4.78 is 0. The van der Waals surface area contributed by atoms with E-state index in [1.54, 1.807) is 12.5 Å². The van der Waals surface area contributed by atoms with Crippen LogP contribution in [0.15, 0.2) is 24.6 Å². The van der Waals surface area contributed by atoms with Crippen LogP contribution in [-0.2, 0) is 0 Å². The van der Waals surface area contributed by atoms with Gasteiger partial charge in [0.05, 0.1) is 6.20 Å². The van der Waals surface area contributed by atoms with Crippen molar-refractivity contribution in [2.45, 2.75) is 0 Å². The quantitative estimate of drug-likeness (QED) is 0.426. The highest BCUT2D eigenvalue weighted by atomic mass is 16.6. The molecule has 0 saturated heterocycles. The summed E-state index contributed by atoms with van der Waals surface area (Å²) in [5.74, 6) is 0. The van der Waals surface area contributed by atoms with Crippen LogP contribution in [0.1, 0.15) is 0 Å². The van der Waals surface area contributed by atoms with Gasteiger partial charge in [-0.3, -0.25) is 0 Å². The van der Waals surface area contributed by atoms with Gasteiger partial charge < -0.3 is 4.84 Å². The van der Waals surface area contributed by atoms with Gasteiger partial charge in [0.15, 0.2) is 0 Å². The van der Waals surface area contributed by atoms with Gasteiger partial charge in [-0.2, -0.15) is 0 Å². The summed E-state index contributed by atoms with van der Waals surface area (Å²) in [6.45, 7) is 0. The van der Waals surface area contributed by atoms with E-state index in [0.29, 0.717) is 0 Å². The third-order valence-electron chi connectivity index (χ3n) is 0.517. The maximum Gasteiger partial charge on any atom is 0.249 e. The third kappa shape index (κ3) is 0.516. The molecule has 2 heteroatoms. The topological polar surface area (TPSA) is 24.8 Å². The number of aliphatic hydroxyl groups is 1. The molecule has 2 nitrogen and oxygen atoms in total. The molecule has 1 heterocycles. The molecule has 0 aromatic heterocycles. The molecule has 0 spiro atoms. The fourth-order valence-electron chi connectivity index (χ4n) is 0.277. The molecule has 0 aromatic rings. The summed E-state index contributed by atoms with van der Waals surface area (Å²) in [6.07, 6.45) is 7.20. The molecule has 0 bridgehead atoms. The van der Waals surface area contributed by atoms with E-state index < -0.39 is 0 Å². The number of nitrogens with one attached hydrogen (secondary N) is 1. The lowest BCUT2D eigenvalue weighted by Gasteiger charge is -1.94. The summed E-state index contributed by atoms with van der Waals surface area (Å²) in [4.78, 5) is 3.66. The summed E-state index contributed by atoms with van der Waals surface area (Å²) in [7, 11) is 0. The molecule has 0 radical (unpaired) electrons. The molecule has 0 fully saturated rings. The van der Waals surface area contributed by atoms with Crippen LogP contribution in [0.4, 0.5) is 0 Å². The van der Waals surface area contributed by atoms with Gasteiger partial charge in [0.2, 0.25) is 6.26 Å². The van der Waals surface area contributed by atoms with Crippen LogP contribution < -0.4 is 5.48 Å². The van der Waals surface area contributed by atoms with E-state index in [9.17, 15) is 0 Å². The molecule has 1 aliphatic heterocycles. The van der Waals surface area contributed by atoms with Crippen LogP contribution in [0.5, 0.6) is 0 Å². The van der Waals surface area contributed by atoms with Gasteiger partial charge >= 0.3 is 0 Å². The lowest BCUT2D eigenvalue weighted by atomic mass is 10.6. The fourth-order valence-corrected chi connectivity index (χ4v) is 0.277. The van der Waals surface area contributed by atoms with Gasteiger partial charge in [-0.25, -0.2) is 0 Å². The SMILES string of the molecule is C1=CN[OH+]C=C1. The lowest BCUT2D eigenvalue weighted by molar-refractivity contribution is -0.00771. The van der Waals surface area contributed by atoms with E-state index >= 15 is 0 Å². The molecule has 0 aromatic carbocycles. The van der Waals surface area contributed by atoms with Crippen molar-refractivity contribution in [1.29, 1.82) is 0 Å². The summed E-state index contributed by atoms with van der Waals surface area (Å²) in [5.41, 5.74) is 2.64. The minimum Gasteiger partial charge on any atom is -0.452 e. The van der Waals surface area contributed by atoms with E-state index in [2.05, 4.69) is 10.3 Å². The Morgan fingerprint density at radius 2 is 2.33 bits per heavy atom. The van der Waals surface area contributed by atoms with Crippen LogP contribution >= 0.6 is 0 Å². The molecule has 0 aliphatic carbocycles. The zero-order chi connectivity index (χ0) is 4.24. The minimum absolute atomic E-state index is 1.69. The van der Waals surface area contributed by atoms with Crippen molar-refractivity contribution in [1.82, 2.24) is 5.48 Å². The molecule has 0 atom stereocenters. The summed E-state index contributed by atoms with van der Waals surface area (Å²) in [5, 5.41) is 0. The first-order valence-electron chi connectivity index (χ1n) is 1.77. The second-order valence-electron chi connectivity index (χ2n) is 0.959. The van der Waals surface area contributed by atoms with Gasteiger partial charge in [0, 0.05) is 6.08 Å². The zero-order valence-corrected chi connectivity index (χ0v) is 3.26. The van der Waals surface area contributed by atoms with Crippen molar-refractivity contribution in [3.8, 4) is 0 Å². The minimum atomic E-state index is 1.69. The Balaban J connectivity index is 2.46. The first-order chi connectivity index (χ1) is 3.00. The van der Waals surface area contributed by atoms with E-state index in [4.69, 9.17) is 0 Å². The van der Waals surface area contributed by atoms with Crippen molar-refractivity contribution in [3.63, 3.8) is 0 Å². The fraction of sp³-hybridized carbons (Fsp3) is 0. The summed E-state index contributed by atoms with van der Waals surface area (Å²) >= 11 is 0. The second kappa shape index (κ2) is 1.50. The van der Waals surface area contributed by atoms with Gasteiger partial charge in [-0.1, -0.05) is 0 Å². The Morgan fingerprint density at radius 1 is 1.33 bits per heavy atom. The van der Waals surface area contributed by atoms with Crippen LogP contribution in [0, 0.1) is 0 Å². The van der Waals surface area contributed by atoms with Crippen molar-refractivity contribution in [3.05, 3.63) is 24.6 Å². The lowest BCUT2D eigenvalue weighted by Crippen LogP contribution is -2.07. The van der Waals surface area contributed by atoms with Crippen LogP contribution in [0.2, 0.25) is 0 Å². The van der Waals surface area contributed by atoms with Crippen molar-refractivity contribution in [2.24, 2.45) is 0 Å². The zero-order valence-electron chi connectivity index (χ0n) is 3.26. The number of allylic oxidation sites excluding steroid dienone is 2. The maximum absolute atomic E-state index is 3.66. The Hall–Kier alpha value is -0.920. The van der Waals surface area contributed by atoms with Crippen molar-refractivity contribution < 1.29 is 4.84 Å². The van der Waals surface area contributed by atoms with Gasteiger partial charge in [0.1, 0.15) is 0 Å². The Labute approximate surface area is 36.1 Å². The number of hydroxylamine groups is 1. The normalized spacial score (nSPS) is 16.0. The smallest absolute Gasteiger partial charge is 0.249 e. The molecule has 0 saturated carbocycles. The molecule has 0 unspecified atom stereocenters. The first kappa shape index (κ1) is 3.28. The van der Waals surface area contributed by atoms with Crippen LogP contribution in [-0.4, -0.2) is 4.84 Å². The highest BCUT2D eigenvalue weighted by Crippen LogP contribution is 1.77. The van der Waals surface area contributed by atoms with Crippen LogP contribution in [0.25, 0.3) is 0 Å². The maximum atomic E-state index is 3.66. The predicted molar refractivity (Wildman–Crippen MR) is 23.2 cm³/mol. The van der Waals surface area contributed by atoms with Crippen LogP contribution in [0.3, 0.4) is 0 Å². The molecule has 1 rings (SSSR count). The molecule has 2 N–H and O–H groups in total. The van der Waals surface area contributed by atoms with Gasteiger partial charge in [-0.15, -0.1) is 5.48 Å². The highest BCUT2D eigenvalue weighted by Gasteiger charge is 1.77. The molecular weight excluding hydrogens is 78.0 g/mol. The Kier molecular flexibility index (Phi) is 0.819. The molecular formula is C4H6NO+. The average Bonchev–Trinajstić information content (AvgIpc) is 1.72. The second-order valence-corrected chi connectivity index (χ2v) is 0.959. The van der Waals surface area contributed by atoms with E-state index in [1.807, 2.05) is 12.2 Å². The van der Waals surface area contributed by atoms with Gasteiger partial charge in [0.25, 0.3) is 0 Å². The monoisotopic (exact) mass is 84.0 g/mol. The Morgan fingerprint density at radius 3 is 2.50 bits per heavy atom. The number of hydrogen-bond acceptors (Lipinski definition) is 1. The van der Waals surface area contributed by atoms with E-state index in [0.717, 1.165) is 0 Å². The molecule has 1 aliphatic rings. The molecule has 6 heavy (non-hydrogen) atoms. The summed E-state index contributed by atoms with van der Waals surface area (Å²) in [6, 6.07) is 0. The first-order valence-corrected chi connectivity index (χ1v) is 1.77.